The van der Waals surface area contributed by atoms with Crippen molar-refractivity contribution in [3.8, 4) is 0 Å². The molecule has 0 aliphatic carbocycles. The molecule has 3 N–H and O–H groups in total. The van der Waals surface area contributed by atoms with Gasteiger partial charge < -0.3 is 15.5 Å². The standard InChI is InChI=1S/C69H111NO3/c1-3-5-7-9-11-13-15-17-19-21-23-25-27-29-30-31-32-33-34-35-36-37-38-39-40-41-43-45-47-49-51-53-55-57-59-61-63-65-69(73)70-67(66-71)68(72)64-62-60-58-56-54-52-50-48-46-44-42-28-26-24-22-20-18-16-14-12-10-8-6-4-2/h5,7,11,13,17,19,23,25,29-30,32-33,35-36,38-39,41,43,46-49,53-56,62,64,67-68,71-72H,3-4,6,8-10,12,14-16,18,20-22,24,26-28,31,34,37,40,42,44-45,50-52,57-61,63,65-66H2,1-2H3,(H,70,73)/b7-5-,13-11-,19-17-,25-23-,30-29-,33-32-,36-35-,39-38-,43-41-,48-46+,49-47-,55-53-,56-54+,64-62+. The van der Waals surface area contributed by atoms with Crippen LogP contribution in [0, 0.1) is 0 Å². The van der Waals surface area contributed by atoms with Crippen molar-refractivity contribution in [3.63, 3.8) is 0 Å². The van der Waals surface area contributed by atoms with Gasteiger partial charge in [0.15, 0.2) is 0 Å². The van der Waals surface area contributed by atoms with Crippen LogP contribution >= 0.6 is 0 Å². The van der Waals surface area contributed by atoms with Gasteiger partial charge >= 0.3 is 0 Å². The zero-order valence-corrected chi connectivity index (χ0v) is 47.1. The van der Waals surface area contributed by atoms with Crippen LogP contribution in [0.2, 0.25) is 0 Å². The molecule has 4 nitrogen and oxygen atoms in total. The highest BCUT2D eigenvalue weighted by Gasteiger charge is 2.17. The van der Waals surface area contributed by atoms with E-state index in [0.717, 1.165) is 122 Å². The number of hydrogen-bond acceptors (Lipinski definition) is 3. The van der Waals surface area contributed by atoms with E-state index in [1.54, 1.807) is 6.08 Å². The predicted molar refractivity (Wildman–Crippen MR) is 326 cm³/mol. The van der Waals surface area contributed by atoms with Crippen molar-refractivity contribution in [2.45, 2.75) is 251 Å². The quantitative estimate of drug-likeness (QED) is 0.0420. The second kappa shape index (κ2) is 62.0. The smallest absolute Gasteiger partial charge is 0.220 e. The molecule has 0 aromatic rings. The fourth-order valence-electron chi connectivity index (χ4n) is 7.92. The lowest BCUT2D eigenvalue weighted by atomic mass is 10.0. The first kappa shape index (κ1) is 68.8. The van der Waals surface area contributed by atoms with E-state index in [0.29, 0.717) is 6.42 Å². The number of unbranched alkanes of at least 4 members (excludes halogenated alkanes) is 19. The summed E-state index contributed by atoms with van der Waals surface area (Å²) >= 11 is 0. The molecule has 73 heavy (non-hydrogen) atoms. The van der Waals surface area contributed by atoms with Crippen molar-refractivity contribution < 1.29 is 15.0 Å². The zero-order chi connectivity index (χ0) is 52.7. The third kappa shape index (κ3) is 58.5. The number of aliphatic hydroxyl groups is 2. The highest BCUT2D eigenvalue weighted by Crippen LogP contribution is 2.14. The van der Waals surface area contributed by atoms with Gasteiger partial charge in [-0.2, -0.15) is 0 Å². The number of carbonyl (C=O) groups is 1. The SMILES string of the molecule is CC/C=C\C/C=C\C/C=C\C/C=C\C/C=C\C/C=C\C/C=C\C/C=C\C/C=C\C/C=C\C/C=C\CCCCCC(=O)NC(CO)C(O)/C=C/CC/C=C/CC/C=C/CCCCCCCCCCCCCCCC. The Morgan fingerprint density at radius 1 is 0.342 bits per heavy atom. The van der Waals surface area contributed by atoms with Crippen LogP contribution in [0.3, 0.4) is 0 Å². The molecule has 0 aromatic heterocycles. The molecule has 0 aromatic carbocycles. The minimum Gasteiger partial charge on any atom is -0.394 e. The first-order valence-electron chi connectivity index (χ1n) is 29.8. The molecular formula is C69H111NO3. The van der Waals surface area contributed by atoms with E-state index in [2.05, 4.69) is 177 Å². The maximum atomic E-state index is 12.5. The molecule has 0 aliphatic rings. The van der Waals surface area contributed by atoms with Crippen molar-refractivity contribution >= 4 is 5.91 Å². The number of hydrogen-bond donors (Lipinski definition) is 3. The predicted octanol–water partition coefficient (Wildman–Crippen LogP) is 20.3. The fraction of sp³-hybridized carbons (Fsp3) is 0.580. The summed E-state index contributed by atoms with van der Waals surface area (Å²) in [7, 11) is 0. The van der Waals surface area contributed by atoms with Gasteiger partial charge in [-0.05, 0) is 128 Å². The Morgan fingerprint density at radius 2 is 0.616 bits per heavy atom. The van der Waals surface area contributed by atoms with Crippen molar-refractivity contribution in [1.29, 1.82) is 0 Å². The maximum Gasteiger partial charge on any atom is 0.220 e. The van der Waals surface area contributed by atoms with E-state index >= 15 is 0 Å². The number of nitrogens with one attached hydrogen (secondary N) is 1. The van der Waals surface area contributed by atoms with Crippen molar-refractivity contribution in [1.82, 2.24) is 5.32 Å². The lowest BCUT2D eigenvalue weighted by Crippen LogP contribution is -2.45. The molecule has 0 spiro atoms. The van der Waals surface area contributed by atoms with Crippen LogP contribution in [0.1, 0.15) is 239 Å². The summed E-state index contributed by atoms with van der Waals surface area (Å²) in [5.41, 5.74) is 0. The van der Waals surface area contributed by atoms with Gasteiger partial charge in [0.05, 0.1) is 18.8 Å². The number of carbonyl (C=O) groups excluding carboxylic acids is 1. The molecule has 0 radical (unpaired) electrons. The topological polar surface area (TPSA) is 69.6 Å². The van der Waals surface area contributed by atoms with Gasteiger partial charge in [0.2, 0.25) is 5.91 Å². The van der Waals surface area contributed by atoms with E-state index in [9.17, 15) is 15.0 Å². The van der Waals surface area contributed by atoms with Crippen molar-refractivity contribution in [3.05, 3.63) is 170 Å². The molecular weight excluding hydrogens is 891 g/mol. The molecule has 2 unspecified atom stereocenters. The monoisotopic (exact) mass is 1000 g/mol. The molecule has 0 fully saturated rings. The molecule has 410 valence electrons. The van der Waals surface area contributed by atoms with Gasteiger partial charge in [-0.1, -0.05) is 274 Å². The molecule has 0 aliphatic heterocycles. The van der Waals surface area contributed by atoms with Gasteiger partial charge in [-0.25, -0.2) is 0 Å². The largest absolute Gasteiger partial charge is 0.394 e. The van der Waals surface area contributed by atoms with E-state index in [-0.39, 0.29) is 12.5 Å². The van der Waals surface area contributed by atoms with Crippen LogP contribution in [0.5, 0.6) is 0 Å². The summed E-state index contributed by atoms with van der Waals surface area (Å²) in [6.07, 6.45) is 101. The lowest BCUT2D eigenvalue weighted by Gasteiger charge is -2.19. The Morgan fingerprint density at radius 3 is 0.959 bits per heavy atom. The Kier molecular flexibility index (Phi) is 58.4. The molecule has 0 saturated carbocycles. The summed E-state index contributed by atoms with van der Waals surface area (Å²) in [5, 5.41) is 23.1. The zero-order valence-electron chi connectivity index (χ0n) is 47.1. The summed E-state index contributed by atoms with van der Waals surface area (Å²) < 4.78 is 0. The Labute approximate surface area is 451 Å². The van der Waals surface area contributed by atoms with Gasteiger partial charge in [-0.3, -0.25) is 4.79 Å². The van der Waals surface area contributed by atoms with Gasteiger partial charge in [0.25, 0.3) is 0 Å². The molecule has 0 bridgehead atoms. The highest BCUT2D eigenvalue weighted by molar-refractivity contribution is 5.76. The number of aliphatic hydroxyl groups excluding tert-OH is 2. The van der Waals surface area contributed by atoms with E-state index < -0.39 is 12.1 Å². The molecule has 0 heterocycles. The van der Waals surface area contributed by atoms with E-state index in [1.165, 1.54) is 96.3 Å². The van der Waals surface area contributed by atoms with Crippen LogP contribution in [0.4, 0.5) is 0 Å². The second-order valence-electron chi connectivity index (χ2n) is 19.3. The minimum absolute atomic E-state index is 0.116. The lowest BCUT2D eigenvalue weighted by molar-refractivity contribution is -0.123. The summed E-state index contributed by atoms with van der Waals surface area (Å²) in [6.45, 7) is 4.16. The summed E-state index contributed by atoms with van der Waals surface area (Å²) in [5.74, 6) is -0.116. The van der Waals surface area contributed by atoms with Crippen molar-refractivity contribution in [2.75, 3.05) is 6.61 Å². The van der Waals surface area contributed by atoms with Crippen LogP contribution in [0.25, 0.3) is 0 Å². The van der Waals surface area contributed by atoms with E-state index in [4.69, 9.17) is 0 Å². The molecule has 1 amide bonds. The first-order chi connectivity index (χ1) is 36.2. The maximum absolute atomic E-state index is 12.5. The molecule has 0 saturated heterocycles. The summed E-state index contributed by atoms with van der Waals surface area (Å²) in [4.78, 5) is 12.5. The van der Waals surface area contributed by atoms with Crippen molar-refractivity contribution in [2.24, 2.45) is 0 Å². The Hall–Kier alpha value is -4.25. The Bertz CT molecular complexity index is 1610. The molecule has 4 heteroatoms. The van der Waals surface area contributed by atoms with Crippen LogP contribution in [0.15, 0.2) is 170 Å². The summed E-state index contributed by atoms with van der Waals surface area (Å²) in [6, 6.07) is -0.678. The molecule has 2 atom stereocenters. The van der Waals surface area contributed by atoms with Crippen LogP contribution < -0.4 is 5.32 Å². The van der Waals surface area contributed by atoms with Gasteiger partial charge in [-0.15, -0.1) is 0 Å². The first-order valence-corrected chi connectivity index (χ1v) is 29.8. The second-order valence-corrected chi connectivity index (χ2v) is 19.3. The van der Waals surface area contributed by atoms with Gasteiger partial charge in [0.1, 0.15) is 0 Å². The van der Waals surface area contributed by atoms with Crippen LogP contribution in [-0.4, -0.2) is 34.9 Å². The minimum atomic E-state index is -0.899. The average Bonchev–Trinajstić information content (AvgIpc) is 3.40. The molecule has 0 rings (SSSR count). The number of allylic oxidation sites excluding steroid dienone is 27. The van der Waals surface area contributed by atoms with E-state index in [1.807, 2.05) is 6.08 Å². The Balaban J connectivity index is 3.75. The fourth-order valence-corrected chi connectivity index (χ4v) is 7.92. The van der Waals surface area contributed by atoms with Crippen LogP contribution in [-0.2, 0) is 4.79 Å². The normalized spacial score (nSPS) is 14.1. The number of amides is 1. The average molecular weight is 1000 g/mol. The highest BCUT2D eigenvalue weighted by atomic mass is 16.3. The number of rotatable bonds is 52. The third-order valence-corrected chi connectivity index (χ3v) is 12.4. The van der Waals surface area contributed by atoms with Gasteiger partial charge in [0, 0.05) is 6.42 Å². The third-order valence-electron chi connectivity index (χ3n) is 12.4.